The molecule has 2 atom stereocenters. The van der Waals surface area contributed by atoms with Crippen LogP contribution >= 0.6 is 0 Å². The van der Waals surface area contributed by atoms with Crippen molar-refractivity contribution in [1.82, 2.24) is 0 Å². The van der Waals surface area contributed by atoms with E-state index in [2.05, 4.69) is 11.4 Å². The molecule has 0 heterocycles. The minimum absolute atomic E-state index is 0.208. The highest BCUT2D eigenvalue weighted by Gasteiger charge is 2.35. The molecule has 2 aliphatic carbocycles. The van der Waals surface area contributed by atoms with Crippen molar-refractivity contribution in [3.8, 4) is 16.9 Å². The molecule has 0 radical (unpaired) electrons. The highest BCUT2D eigenvalue weighted by atomic mass is 16.5. The molecular weight excluding hydrogens is 430 g/mol. The molecule has 2 saturated carbocycles. The molecule has 2 fully saturated rings. The molecule has 2 aromatic carbocycles. The molecule has 6 heteroatoms. The summed E-state index contributed by atoms with van der Waals surface area (Å²) in [6.07, 6.45) is 7.78. The molecule has 4 rings (SSSR count). The van der Waals surface area contributed by atoms with Crippen molar-refractivity contribution < 1.29 is 24.2 Å². The summed E-state index contributed by atoms with van der Waals surface area (Å²) in [7, 11) is 0. The molecule has 6 nitrogen and oxygen atoms in total. The highest BCUT2D eigenvalue weighted by molar-refractivity contribution is 5.95. The second-order valence-corrected chi connectivity index (χ2v) is 9.38. The predicted molar refractivity (Wildman–Crippen MR) is 132 cm³/mol. The van der Waals surface area contributed by atoms with E-state index in [0.29, 0.717) is 31.7 Å². The molecule has 2 N–H and O–H groups in total. The SMILES string of the molecule is CCOc1cccc(-c2ccc(NC(=O)[C@@H]3CCCC[C@@H]3C(=O)O)cc2COC2CCCC2)c1. The summed E-state index contributed by atoms with van der Waals surface area (Å²) in [5, 5.41) is 12.6. The standard InChI is InChI=1S/C28H35NO5/c1-2-33-23-11-7-8-19(17-23)24-15-14-21(16-20(24)18-34-22-9-3-4-10-22)29-27(30)25-12-5-6-13-26(25)28(31)32/h7-8,11,14-17,22,25-26H,2-6,9-10,12-13,18H2,1H3,(H,29,30)(H,31,32)/t25-,26+/m1/s1. The van der Waals surface area contributed by atoms with Gasteiger partial charge >= 0.3 is 5.97 Å². The molecule has 0 bridgehead atoms. The number of nitrogens with one attached hydrogen (secondary N) is 1. The largest absolute Gasteiger partial charge is 0.494 e. The van der Waals surface area contributed by atoms with Gasteiger partial charge in [-0.25, -0.2) is 0 Å². The maximum Gasteiger partial charge on any atom is 0.307 e. The molecule has 0 saturated heterocycles. The van der Waals surface area contributed by atoms with Crippen LogP contribution in [0.1, 0.15) is 63.9 Å². The van der Waals surface area contributed by atoms with Crippen molar-refractivity contribution in [3.63, 3.8) is 0 Å². The molecular formula is C28H35NO5. The highest BCUT2D eigenvalue weighted by Crippen LogP contribution is 2.34. The Kier molecular flexibility index (Phi) is 8.22. The van der Waals surface area contributed by atoms with Crippen molar-refractivity contribution in [1.29, 1.82) is 0 Å². The van der Waals surface area contributed by atoms with Crippen LogP contribution in [0.4, 0.5) is 5.69 Å². The molecule has 1 amide bonds. The summed E-state index contributed by atoms with van der Waals surface area (Å²) >= 11 is 0. The predicted octanol–water partition coefficient (Wildman–Crippen LogP) is 6.04. The fourth-order valence-electron chi connectivity index (χ4n) is 5.23. The number of carboxylic acid groups (broad SMARTS) is 1. The van der Waals surface area contributed by atoms with Crippen LogP contribution in [0.2, 0.25) is 0 Å². The number of ether oxygens (including phenoxy) is 2. The maximum atomic E-state index is 13.0. The Morgan fingerprint density at radius 3 is 2.44 bits per heavy atom. The first kappa shape index (κ1) is 24.3. The number of hydrogen-bond donors (Lipinski definition) is 2. The van der Waals surface area contributed by atoms with Gasteiger partial charge in [-0.2, -0.15) is 0 Å². The summed E-state index contributed by atoms with van der Waals surface area (Å²) in [5.74, 6) is -1.38. The normalized spacial score (nSPS) is 20.7. The van der Waals surface area contributed by atoms with Crippen LogP contribution in [0.5, 0.6) is 5.75 Å². The van der Waals surface area contributed by atoms with Crippen LogP contribution < -0.4 is 10.1 Å². The lowest BCUT2D eigenvalue weighted by Gasteiger charge is -2.27. The lowest BCUT2D eigenvalue weighted by atomic mass is 9.78. The monoisotopic (exact) mass is 465 g/mol. The third-order valence-electron chi connectivity index (χ3n) is 7.03. The summed E-state index contributed by atoms with van der Waals surface area (Å²) < 4.78 is 11.9. The Labute approximate surface area is 201 Å². The van der Waals surface area contributed by atoms with Gasteiger partial charge in [0.25, 0.3) is 0 Å². The van der Waals surface area contributed by atoms with E-state index < -0.39 is 17.8 Å². The average molecular weight is 466 g/mol. The van der Waals surface area contributed by atoms with E-state index in [-0.39, 0.29) is 12.0 Å². The Hall–Kier alpha value is -2.86. The van der Waals surface area contributed by atoms with Gasteiger partial charge in [-0.3, -0.25) is 9.59 Å². The molecule has 34 heavy (non-hydrogen) atoms. The number of rotatable bonds is 9. The summed E-state index contributed by atoms with van der Waals surface area (Å²) in [6.45, 7) is 3.03. The molecule has 2 aromatic rings. The van der Waals surface area contributed by atoms with Gasteiger partial charge in [0.15, 0.2) is 0 Å². The molecule has 182 valence electrons. The van der Waals surface area contributed by atoms with E-state index in [1.54, 1.807) is 0 Å². The Balaban J connectivity index is 1.57. The van der Waals surface area contributed by atoms with Crippen LogP contribution in [0.25, 0.3) is 11.1 Å². The number of aliphatic carboxylic acids is 1. The minimum Gasteiger partial charge on any atom is -0.494 e. The van der Waals surface area contributed by atoms with Crippen LogP contribution in [-0.2, 0) is 20.9 Å². The van der Waals surface area contributed by atoms with Gasteiger partial charge < -0.3 is 19.9 Å². The van der Waals surface area contributed by atoms with Crippen molar-refractivity contribution in [2.24, 2.45) is 11.8 Å². The Bertz CT molecular complexity index is 998. The fourth-order valence-corrected chi connectivity index (χ4v) is 5.23. The molecule has 0 aromatic heterocycles. The fraction of sp³-hybridized carbons (Fsp3) is 0.500. The van der Waals surface area contributed by atoms with Crippen LogP contribution in [-0.4, -0.2) is 29.7 Å². The maximum absolute atomic E-state index is 13.0. The van der Waals surface area contributed by atoms with Gasteiger partial charge in [-0.1, -0.05) is 43.9 Å². The first-order chi connectivity index (χ1) is 16.5. The molecule has 0 aliphatic heterocycles. The van der Waals surface area contributed by atoms with Crippen LogP contribution in [0, 0.1) is 11.8 Å². The minimum atomic E-state index is -0.880. The van der Waals surface area contributed by atoms with Gasteiger partial charge in [-0.15, -0.1) is 0 Å². The lowest BCUT2D eigenvalue weighted by molar-refractivity contribution is -0.147. The quantitative estimate of drug-likeness (QED) is 0.471. The zero-order chi connectivity index (χ0) is 23.9. The van der Waals surface area contributed by atoms with Gasteiger partial charge in [0.2, 0.25) is 5.91 Å². The van der Waals surface area contributed by atoms with E-state index in [4.69, 9.17) is 9.47 Å². The number of amides is 1. The number of hydrogen-bond acceptors (Lipinski definition) is 4. The topological polar surface area (TPSA) is 84.9 Å². The number of carboxylic acids is 1. The number of carbonyl (C=O) groups is 2. The van der Waals surface area contributed by atoms with Gasteiger partial charge in [-0.05, 0) is 73.6 Å². The zero-order valence-electron chi connectivity index (χ0n) is 19.9. The van der Waals surface area contributed by atoms with E-state index in [1.807, 2.05) is 43.3 Å². The lowest BCUT2D eigenvalue weighted by Crippen LogP contribution is -2.36. The van der Waals surface area contributed by atoms with Crippen molar-refractivity contribution in [3.05, 3.63) is 48.0 Å². The second-order valence-electron chi connectivity index (χ2n) is 9.38. The second kappa shape index (κ2) is 11.5. The third-order valence-corrected chi connectivity index (χ3v) is 7.03. The first-order valence-corrected chi connectivity index (χ1v) is 12.6. The zero-order valence-corrected chi connectivity index (χ0v) is 19.9. The van der Waals surface area contributed by atoms with Crippen LogP contribution in [0.3, 0.4) is 0 Å². The summed E-state index contributed by atoms with van der Waals surface area (Å²) in [4.78, 5) is 24.7. The number of benzene rings is 2. The van der Waals surface area contributed by atoms with Crippen molar-refractivity contribution >= 4 is 17.6 Å². The molecule has 0 unspecified atom stereocenters. The van der Waals surface area contributed by atoms with E-state index in [1.165, 1.54) is 12.8 Å². The van der Waals surface area contributed by atoms with E-state index in [9.17, 15) is 14.7 Å². The Morgan fingerprint density at radius 2 is 1.71 bits per heavy atom. The van der Waals surface area contributed by atoms with Crippen molar-refractivity contribution in [2.45, 2.75) is 71.0 Å². The van der Waals surface area contributed by atoms with Crippen LogP contribution in [0.15, 0.2) is 42.5 Å². The Morgan fingerprint density at radius 1 is 0.971 bits per heavy atom. The van der Waals surface area contributed by atoms with E-state index in [0.717, 1.165) is 48.1 Å². The van der Waals surface area contributed by atoms with Gasteiger partial charge in [0.1, 0.15) is 5.75 Å². The van der Waals surface area contributed by atoms with Gasteiger partial charge in [0.05, 0.1) is 31.2 Å². The average Bonchev–Trinajstić information content (AvgIpc) is 3.37. The summed E-state index contributed by atoms with van der Waals surface area (Å²) in [6, 6.07) is 13.9. The van der Waals surface area contributed by atoms with Crippen molar-refractivity contribution in [2.75, 3.05) is 11.9 Å². The first-order valence-electron chi connectivity index (χ1n) is 12.6. The summed E-state index contributed by atoms with van der Waals surface area (Å²) in [5.41, 5.74) is 3.75. The molecule has 0 spiro atoms. The van der Waals surface area contributed by atoms with Gasteiger partial charge in [0, 0.05) is 5.69 Å². The smallest absolute Gasteiger partial charge is 0.307 e. The number of carbonyl (C=O) groups excluding carboxylic acids is 1. The van der Waals surface area contributed by atoms with E-state index >= 15 is 0 Å². The number of anilines is 1. The molecule has 2 aliphatic rings. The third kappa shape index (κ3) is 5.98.